The lowest BCUT2D eigenvalue weighted by atomic mass is 10.0. The van der Waals surface area contributed by atoms with Crippen LogP contribution in [0.1, 0.15) is 44.0 Å². The van der Waals surface area contributed by atoms with Crippen molar-refractivity contribution in [2.45, 2.75) is 51.6 Å². The molecule has 1 unspecified atom stereocenters. The third kappa shape index (κ3) is 4.41. The summed E-state index contributed by atoms with van der Waals surface area (Å²) in [7, 11) is 0. The minimum Gasteiger partial charge on any atom is -0.271 e. The van der Waals surface area contributed by atoms with Crippen molar-refractivity contribution in [3.8, 4) is 0 Å². The van der Waals surface area contributed by atoms with E-state index in [4.69, 9.17) is 10.9 Å². The molecule has 0 aliphatic heterocycles. The Balaban J connectivity index is 1.99. The van der Waals surface area contributed by atoms with Gasteiger partial charge in [0.25, 0.3) is 0 Å². The van der Waals surface area contributed by atoms with E-state index in [1.54, 1.807) is 0 Å². The quantitative estimate of drug-likeness (QED) is 0.579. The van der Waals surface area contributed by atoms with Gasteiger partial charge < -0.3 is 0 Å². The van der Waals surface area contributed by atoms with Crippen LogP contribution in [-0.2, 0) is 12.8 Å². The van der Waals surface area contributed by atoms with Gasteiger partial charge in [0.15, 0.2) is 0 Å². The maximum atomic E-state index is 5.70. The van der Waals surface area contributed by atoms with E-state index >= 15 is 0 Å². The molecule has 0 spiro atoms. The summed E-state index contributed by atoms with van der Waals surface area (Å²) in [6, 6.07) is 13.2. The molecule has 0 saturated carbocycles. The highest BCUT2D eigenvalue weighted by Gasteiger charge is 2.13. The predicted octanol–water partition coefficient (Wildman–Crippen LogP) is 2.86. The Labute approximate surface area is 127 Å². The second-order valence-electron chi connectivity index (χ2n) is 5.51. The van der Waals surface area contributed by atoms with E-state index in [0.29, 0.717) is 6.04 Å². The van der Waals surface area contributed by atoms with Gasteiger partial charge in [0, 0.05) is 18.7 Å². The molecule has 0 amide bonds. The number of nitrogens with two attached hydrogens (primary N) is 1. The molecule has 0 bridgehead atoms. The van der Waals surface area contributed by atoms with Crippen LogP contribution >= 0.6 is 0 Å². The van der Waals surface area contributed by atoms with Crippen LogP contribution in [0.25, 0.3) is 0 Å². The topological polar surface area (TPSA) is 55.9 Å². The first-order valence-electron chi connectivity index (χ1n) is 7.80. The van der Waals surface area contributed by atoms with Crippen LogP contribution in [-0.4, -0.2) is 15.8 Å². The summed E-state index contributed by atoms with van der Waals surface area (Å²) >= 11 is 0. The molecule has 1 atom stereocenters. The van der Waals surface area contributed by atoms with Crippen molar-refractivity contribution in [1.29, 1.82) is 0 Å². The van der Waals surface area contributed by atoms with Gasteiger partial charge in [-0.3, -0.25) is 16.0 Å². The zero-order chi connectivity index (χ0) is 15.1. The van der Waals surface area contributed by atoms with E-state index in [1.807, 2.05) is 6.07 Å². The molecular weight excluding hydrogens is 260 g/mol. The maximum absolute atomic E-state index is 5.70. The molecule has 0 fully saturated rings. The zero-order valence-corrected chi connectivity index (χ0v) is 13.0. The van der Waals surface area contributed by atoms with E-state index < -0.39 is 0 Å². The molecule has 4 nitrogen and oxygen atoms in total. The Kier molecular flexibility index (Phi) is 5.96. The molecule has 0 radical (unpaired) electrons. The molecule has 0 aliphatic rings. The van der Waals surface area contributed by atoms with E-state index in [0.717, 1.165) is 31.4 Å². The molecule has 1 aromatic heterocycles. The lowest BCUT2D eigenvalue weighted by Gasteiger charge is -2.15. The second kappa shape index (κ2) is 7.96. The maximum Gasteiger partial charge on any atom is 0.0640 e. The molecule has 2 aromatic rings. The molecule has 1 heterocycles. The fourth-order valence-electron chi connectivity index (χ4n) is 2.69. The van der Waals surface area contributed by atoms with Crippen LogP contribution in [0.15, 0.2) is 42.6 Å². The minimum atomic E-state index is 0.206. The second-order valence-corrected chi connectivity index (χ2v) is 5.51. The third-order valence-electron chi connectivity index (χ3n) is 4.00. The number of hydrazine groups is 1. The molecular formula is C17H26N4. The Bertz CT molecular complexity index is 517. The van der Waals surface area contributed by atoms with Crippen LogP contribution in [0, 0.1) is 0 Å². The molecule has 4 heteroatoms. The lowest BCUT2D eigenvalue weighted by Crippen LogP contribution is -2.38. The van der Waals surface area contributed by atoms with Crippen LogP contribution < -0.4 is 11.3 Å². The van der Waals surface area contributed by atoms with Gasteiger partial charge in [0.2, 0.25) is 0 Å². The monoisotopic (exact) mass is 286 g/mol. The third-order valence-corrected chi connectivity index (χ3v) is 4.00. The van der Waals surface area contributed by atoms with Crippen molar-refractivity contribution in [3.05, 3.63) is 53.9 Å². The first kappa shape index (κ1) is 15.7. The Morgan fingerprint density at radius 2 is 1.81 bits per heavy atom. The number of nitrogens with zero attached hydrogens (tertiary/aromatic N) is 2. The highest BCUT2D eigenvalue weighted by atomic mass is 15.3. The van der Waals surface area contributed by atoms with Crippen molar-refractivity contribution in [2.24, 2.45) is 5.84 Å². The number of nitrogens with one attached hydrogen (secondary N) is 1. The Morgan fingerprint density at radius 3 is 2.43 bits per heavy atom. The van der Waals surface area contributed by atoms with Crippen molar-refractivity contribution < 1.29 is 0 Å². The van der Waals surface area contributed by atoms with Crippen LogP contribution in [0.3, 0.4) is 0 Å². The molecule has 2 rings (SSSR count). The zero-order valence-electron chi connectivity index (χ0n) is 13.0. The van der Waals surface area contributed by atoms with E-state index in [-0.39, 0.29) is 6.04 Å². The van der Waals surface area contributed by atoms with Crippen LogP contribution in [0.4, 0.5) is 0 Å². The van der Waals surface area contributed by atoms with Crippen molar-refractivity contribution in [3.63, 3.8) is 0 Å². The normalized spacial score (nSPS) is 12.8. The Morgan fingerprint density at radius 1 is 1.10 bits per heavy atom. The van der Waals surface area contributed by atoms with Gasteiger partial charge in [-0.1, -0.05) is 44.2 Å². The first-order valence-corrected chi connectivity index (χ1v) is 7.80. The average Bonchev–Trinajstić information content (AvgIpc) is 2.97. The molecule has 0 aliphatic carbocycles. The van der Waals surface area contributed by atoms with Gasteiger partial charge in [-0.15, -0.1) is 0 Å². The summed E-state index contributed by atoms with van der Waals surface area (Å²) in [6.07, 6.45) is 6.07. The summed E-state index contributed by atoms with van der Waals surface area (Å²) in [5.41, 5.74) is 5.31. The van der Waals surface area contributed by atoms with E-state index in [9.17, 15) is 0 Å². The summed E-state index contributed by atoms with van der Waals surface area (Å²) in [5.74, 6) is 5.70. The number of hydrogen-bond acceptors (Lipinski definition) is 3. The number of hydrogen-bond donors (Lipinski definition) is 2. The summed E-state index contributed by atoms with van der Waals surface area (Å²) < 4.78 is 2.09. The van der Waals surface area contributed by atoms with Crippen molar-refractivity contribution in [1.82, 2.24) is 15.2 Å². The van der Waals surface area contributed by atoms with Gasteiger partial charge in [-0.05, 0) is 30.9 Å². The summed E-state index contributed by atoms with van der Waals surface area (Å²) in [6.45, 7) is 4.41. The summed E-state index contributed by atoms with van der Waals surface area (Å²) in [5, 5.41) is 4.70. The molecule has 21 heavy (non-hydrogen) atoms. The van der Waals surface area contributed by atoms with E-state index in [1.165, 1.54) is 5.56 Å². The average molecular weight is 286 g/mol. The first-order chi connectivity index (χ1) is 10.3. The fraction of sp³-hybridized carbons (Fsp3) is 0.471. The highest BCUT2D eigenvalue weighted by molar-refractivity contribution is 5.16. The van der Waals surface area contributed by atoms with E-state index in [2.05, 4.69) is 60.5 Å². The SMILES string of the molecule is CCC(CC)n1ccc(CC(Cc2ccccc2)NN)n1. The van der Waals surface area contributed by atoms with Crippen molar-refractivity contribution >= 4 is 0 Å². The van der Waals surface area contributed by atoms with Gasteiger partial charge in [-0.2, -0.15) is 5.10 Å². The number of rotatable bonds is 8. The predicted molar refractivity (Wildman–Crippen MR) is 86.8 cm³/mol. The van der Waals surface area contributed by atoms with Gasteiger partial charge in [-0.25, -0.2) is 0 Å². The van der Waals surface area contributed by atoms with Crippen LogP contribution in [0.5, 0.6) is 0 Å². The fourth-order valence-corrected chi connectivity index (χ4v) is 2.69. The lowest BCUT2D eigenvalue weighted by molar-refractivity contribution is 0.421. The highest BCUT2D eigenvalue weighted by Crippen LogP contribution is 2.15. The van der Waals surface area contributed by atoms with Gasteiger partial charge >= 0.3 is 0 Å². The van der Waals surface area contributed by atoms with Gasteiger partial charge in [0.05, 0.1) is 11.7 Å². The number of aromatic nitrogens is 2. The standard InChI is InChI=1S/C17H26N4/c1-3-17(4-2)21-11-10-15(20-21)13-16(19-18)12-14-8-6-5-7-9-14/h5-11,16-17,19H,3-4,12-13,18H2,1-2H3. The molecule has 114 valence electrons. The van der Waals surface area contributed by atoms with Crippen LogP contribution in [0.2, 0.25) is 0 Å². The van der Waals surface area contributed by atoms with Gasteiger partial charge in [0.1, 0.15) is 0 Å². The Hall–Kier alpha value is -1.65. The smallest absolute Gasteiger partial charge is 0.0640 e. The molecule has 3 N–H and O–H groups in total. The summed E-state index contributed by atoms with van der Waals surface area (Å²) in [4.78, 5) is 0. The molecule has 1 aromatic carbocycles. The minimum absolute atomic E-state index is 0.206. The number of benzene rings is 1. The molecule has 0 saturated heterocycles. The van der Waals surface area contributed by atoms with Crippen molar-refractivity contribution in [2.75, 3.05) is 0 Å². The largest absolute Gasteiger partial charge is 0.271 e.